The van der Waals surface area contributed by atoms with E-state index in [1.165, 1.54) is 25.1 Å². The minimum absolute atomic E-state index is 0.111. The molecule has 1 aromatic rings. The molecule has 0 bridgehead atoms. The van der Waals surface area contributed by atoms with Crippen LogP contribution in [-0.4, -0.2) is 23.1 Å². The maximum absolute atomic E-state index is 11.5. The van der Waals surface area contributed by atoms with Crippen LogP contribution < -0.4 is 5.73 Å². The van der Waals surface area contributed by atoms with Crippen LogP contribution in [0.5, 0.6) is 5.75 Å². The molecule has 0 saturated heterocycles. The molecular weight excluding hydrogens is 234 g/mol. The number of ether oxygens (including phenoxy) is 1. The van der Waals surface area contributed by atoms with Gasteiger partial charge in [0.25, 0.3) is 5.91 Å². The van der Waals surface area contributed by atoms with Crippen molar-refractivity contribution >= 4 is 23.5 Å². The Morgan fingerprint density at radius 3 is 2.69 bits per heavy atom. The Balaban J connectivity index is 2.88. The number of carbonyl (C=O) groups excluding carboxylic acids is 2. The van der Waals surface area contributed by atoms with Gasteiger partial charge in [0.05, 0.1) is 0 Å². The lowest BCUT2D eigenvalue weighted by Gasteiger charge is -2.10. The van der Waals surface area contributed by atoms with Gasteiger partial charge in [0.2, 0.25) is 0 Å². The zero-order chi connectivity index (χ0) is 12.3. The fourth-order valence-electron chi connectivity index (χ4n) is 0.954. The first-order valence-electron chi connectivity index (χ1n) is 4.40. The molecule has 1 rings (SSSR count). The van der Waals surface area contributed by atoms with Crippen molar-refractivity contribution < 1.29 is 19.4 Å². The third-order valence-corrected chi connectivity index (χ3v) is 2.10. The van der Waals surface area contributed by atoms with Crippen molar-refractivity contribution in [3.8, 4) is 5.75 Å². The van der Waals surface area contributed by atoms with Crippen molar-refractivity contribution in [2.45, 2.75) is 13.0 Å². The van der Waals surface area contributed by atoms with Crippen molar-refractivity contribution in [2.24, 2.45) is 5.73 Å². The summed E-state index contributed by atoms with van der Waals surface area (Å²) >= 11 is 5.65. The van der Waals surface area contributed by atoms with Gasteiger partial charge in [-0.1, -0.05) is 11.6 Å². The molecule has 5 nitrogen and oxygen atoms in total. The van der Waals surface area contributed by atoms with Crippen molar-refractivity contribution in [1.29, 1.82) is 0 Å². The summed E-state index contributed by atoms with van der Waals surface area (Å²) in [6.45, 7) is 1.34. The second kappa shape index (κ2) is 4.85. The van der Waals surface area contributed by atoms with Gasteiger partial charge in [-0.3, -0.25) is 4.79 Å². The fraction of sp³-hybridized carbons (Fsp3) is 0.200. The maximum atomic E-state index is 11.5. The molecule has 86 valence electrons. The van der Waals surface area contributed by atoms with Crippen LogP contribution >= 0.6 is 11.6 Å². The van der Waals surface area contributed by atoms with Gasteiger partial charge in [-0.05, 0) is 25.1 Å². The van der Waals surface area contributed by atoms with Crippen LogP contribution in [0.4, 0.5) is 0 Å². The van der Waals surface area contributed by atoms with Crippen LogP contribution in [0.3, 0.4) is 0 Å². The first-order valence-corrected chi connectivity index (χ1v) is 4.78. The van der Waals surface area contributed by atoms with Crippen molar-refractivity contribution in [3.05, 3.63) is 28.8 Å². The van der Waals surface area contributed by atoms with E-state index in [-0.39, 0.29) is 16.3 Å². The lowest BCUT2D eigenvalue weighted by Crippen LogP contribution is -2.30. The molecule has 0 aromatic heterocycles. The molecule has 0 heterocycles. The summed E-state index contributed by atoms with van der Waals surface area (Å²) in [6.07, 6.45) is -1.06. The number of hydrogen-bond donors (Lipinski definition) is 2. The molecule has 0 aliphatic rings. The SMILES string of the molecule is C[C@H](OC(=O)c1cc(Cl)ccc1O)C(N)=O. The molecule has 6 heteroatoms. The van der Waals surface area contributed by atoms with E-state index in [9.17, 15) is 14.7 Å². The fourth-order valence-corrected chi connectivity index (χ4v) is 1.13. The number of aromatic hydroxyl groups is 1. The largest absolute Gasteiger partial charge is 0.507 e. The summed E-state index contributed by atoms with van der Waals surface area (Å²) in [7, 11) is 0. The molecule has 0 fully saturated rings. The summed E-state index contributed by atoms with van der Waals surface area (Å²) in [5.74, 6) is -1.90. The lowest BCUT2D eigenvalue weighted by atomic mass is 10.2. The van der Waals surface area contributed by atoms with Crippen LogP contribution in [0.2, 0.25) is 5.02 Å². The molecule has 1 aromatic carbocycles. The van der Waals surface area contributed by atoms with E-state index in [4.69, 9.17) is 22.1 Å². The van der Waals surface area contributed by atoms with Gasteiger partial charge >= 0.3 is 5.97 Å². The van der Waals surface area contributed by atoms with Gasteiger partial charge in [-0.25, -0.2) is 4.79 Å². The van der Waals surface area contributed by atoms with Gasteiger partial charge in [-0.2, -0.15) is 0 Å². The Labute approximate surface area is 96.8 Å². The Bertz CT molecular complexity index is 433. The predicted molar refractivity (Wildman–Crippen MR) is 57.2 cm³/mol. The minimum Gasteiger partial charge on any atom is -0.507 e. The second-order valence-corrected chi connectivity index (χ2v) is 3.55. The van der Waals surface area contributed by atoms with Gasteiger partial charge in [-0.15, -0.1) is 0 Å². The highest BCUT2D eigenvalue weighted by Crippen LogP contribution is 2.22. The highest BCUT2D eigenvalue weighted by Gasteiger charge is 2.19. The molecule has 0 aliphatic heterocycles. The summed E-state index contributed by atoms with van der Waals surface area (Å²) in [6, 6.07) is 3.92. The van der Waals surface area contributed by atoms with Crippen molar-refractivity contribution in [2.75, 3.05) is 0 Å². The lowest BCUT2D eigenvalue weighted by molar-refractivity contribution is -0.125. The van der Waals surface area contributed by atoms with Gasteiger partial charge in [0.15, 0.2) is 6.10 Å². The van der Waals surface area contributed by atoms with Crippen LogP contribution in [-0.2, 0) is 9.53 Å². The molecule has 3 N–H and O–H groups in total. The standard InChI is InChI=1S/C10H10ClNO4/c1-5(9(12)14)16-10(15)7-4-6(11)2-3-8(7)13/h2-5,13H,1H3,(H2,12,14)/t5-/m0/s1. The molecule has 0 aliphatic carbocycles. The molecule has 16 heavy (non-hydrogen) atoms. The number of phenols is 1. The highest BCUT2D eigenvalue weighted by molar-refractivity contribution is 6.31. The van der Waals surface area contributed by atoms with Crippen LogP contribution in [0.15, 0.2) is 18.2 Å². The minimum atomic E-state index is -1.06. The number of esters is 1. The quantitative estimate of drug-likeness (QED) is 0.778. The van der Waals surface area contributed by atoms with Crippen molar-refractivity contribution in [1.82, 2.24) is 0 Å². The maximum Gasteiger partial charge on any atom is 0.342 e. The predicted octanol–water partition coefficient (Wildman–Crippen LogP) is 1.08. The highest BCUT2D eigenvalue weighted by atomic mass is 35.5. The number of amides is 1. The van der Waals surface area contributed by atoms with E-state index in [0.717, 1.165) is 0 Å². The van der Waals surface area contributed by atoms with Crippen LogP contribution in [0.1, 0.15) is 17.3 Å². The topological polar surface area (TPSA) is 89.6 Å². The number of phenolic OH excluding ortho intramolecular Hbond substituents is 1. The number of hydrogen-bond acceptors (Lipinski definition) is 4. The normalized spacial score (nSPS) is 11.9. The van der Waals surface area contributed by atoms with E-state index in [0.29, 0.717) is 0 Å². The molecule has 1 amide bonds. The summed E-state index contributed by atoms with van der Waals surface area (Å²) in [4.78, 5) is 22.2. The number of benzene rings is 1. The smallest absolute Gasteiger partial charge is 0.342 e. The average Bonchev–Trinajstić information content (AvgIpc) is 2.21. The second-order valence-electron chi connectivity index (χ2n) is 3.11. The molecule has 0 unspecified atom stereocenters. The molecular formula is C10H10ClNO4. The zero-order valence-corrected chi connectivity index (χ0v) is 9.19. The third-order valence-electron chi connectivity index (χ3n) is 1.86. The van der Waals surface area contributed by atoms with E-state index in [1.54, 1.807) is 0 Å². The third kappa shape index (κ3) is 2.87. The molecule has 0 spiro atoms. The number of halogens is 1. The number of carbonyl (C=O) groups is 2. The van der Waals surface area contributed by atoms with E-state index >= 15 is 0 Å². The number of nitrogens with two attached hydrogens (primary N) is 1. The molecule has 1 atom stereocenters. The van der Waals surface area contributed by atoms with Gasteiger partial charge in [0.1, 0.15) is 11.3 Å². The van der Waals surface area contributed by atoms with E-state index in [1.807, 2.05) is 0 Å². The Hall–Kier alpha value is -1.75. The molecule has 0 saturated carbocycles. The van der Waals surface area contributed by atoms with E-state index in [2.05, 4.69) is 0 Å². The van der Waals surface area contributed by atoms with E-state index < -0.39 is 18.0 Å². The average molecular weight is 244 g/mol. The first kappa shape index (κ1) is 12.3. The van der Waals surface area contributed by atoms with Gasteiger partial charge in [0, 0.05) is 5.02 Å². The van der Waals surface area contributed by atoms with Crippen molar-refractivity contribution in [3.63, 3.8) is 0 Å². The Morgan fingerprint density at radius 2 is 2.12 bits per heavy atom. The number of primary amides is 1. The summed E-state index contributed by atoms with van der Waals surface area (Å²) < 4.78 is 4.70. The summed E-state index contributed by atoms with van der Waals surface area (Å²) in [5, 5.41) is 9.66. The number of rotatable bonds is 3. The van der Waals surface area contributed by atoms with Gasteiger partial charge < -0.3 is 15.6 Å². The first-order chi connectivity index (χ1) is 7.41. The van der Waals surface area contributed by atoms with Crippen LogP contribution in [0, 0.1) is 0 Å². The Kier molecular flexibility index (Phi) is 3.73. The summed E-state index contributed by atoms with van der Waals surface area (Å²) in [5.41, 5.74) is 4.82. The van der Waals surface area contributed by atoms with Crippen LogP contribution in [0.25, 0.3) is 0 Å². The zero-order valence-electron chi connectivity index (χ0n) is 8.44. The Morgan fingerprint density at radius 1 is 1.50 bits per heavy atom. The monoisotopic (exact) mass is 243 g/mol. The molecule has 0 radical (unpaired) electrons.